The molecule has 32 heavy (non-hydrogen) atoms. The molecule has 3 aromatic rings. The predicted molar refractivity (Wildman–Crippen MR) is 120 cm³/mol. The molecule has 0 saturated carbocycles. The summed E-state index contributed by atoms with van der Waals surface area (Å²) in [6, 6.07) is 17.2. The molecule has 2 amide bonds. The van der Waals surface area contributed by atoms with E-state index >= 15 is 0 Å². The molecule has 2 aromatic carbocycles. The summed E-state index contributed by atoms with van der Waals surface area (Å²) in [6.45, 7) is 0.285. The fourth-order valence-corrected chi connectivity index (χ4v) is 4.13. The Labute approximate surface area is 187 Å². The fourth-order valence-electron chi connectivity index (χ4n) is 3.28. The monoisotopic (exact) mass is 450 g/mol. The number of carbonyl (C=O) groups excluding carboxylic acids is 2. The summed E-state index contributed by atoms with van der Waals surface area (Å²) in [5.74, 6) is 0.563. The summed E-state index contributed by atoms with van der Waals surface area (Å²) < 4.78 is 10.8. The van der Waals surface area contributed by atoms with Crippen molar-refractivity contribution >= 4 is 34.7 Å². The van der Waals surface area contributed by atoms with Crippen molar-refractivity contribution in [3.63, 3.8) is 0 Å². The molecule has 0 spiro atoms. The second kappa shape index (κ2) is 9.11. The van der Waals surface area contributed by atoms with E-state index < -0.39 is 4.92 Å². The Bertz CT molecular complexity index is 1220. The molecule has 0 unspecified atom stereocenters. The quantitative estimate of drug-likeness (QED) is 0.279. The number of furan rings is 1. The molecule has 0 aliphatic carbocycles. The van der Waals surface area contributed by atoms with Crippen LogP contribution in [0.25, 0.3) is 17.4 Å². The van der Waals surface area contributed by atoms with Crippen LogP contribution in [-0.4, -0.2) is 34.6 Å². The van der Waals surface area contributed by atoms with E-state index in [1.807, 2.05) is 30.3 Å². The second-order valence-electron chi connectivity index (χ2n) is 6.91. The molecule has 2 heterocycles. The van der Waals surface area contributed by atoms with Crippen LogP contribution in [0.15, 0.2) is 70.0 Å². The van der Waals surface area contributed by atoms with Crippen molar-refractivity contribution < 1.29 is 23.7 Å². The van der Waals surface area contributed by atoms with Crippen LogP contribution in [0.4, 0.5) is 10.5 Å². The van der Waals surface area contributed by atoms with Gasteiger partial charge in [-0.1, -0.05) is 30.3 Å². The average Bonchev–Trinajstić information content (AvgIpc) is 3.37. The number of ether oxygens (including phenoxy) is 1. The van der Waals surface area contributed by atoms with E-state index in [1.54, 1.807) is 18.2 Å². The molecule has 1 aliphatic heterocycles. The molecule has 162 valence electrons. The van der Waals surface area contributed by atoms with Crippen LogP contribution < -0.4 is 4.74 Å². The van der Waals surface area contributed by atoms with Crippen LogP contribution in [0.1, 0.15) is 11.3 Å². The van der Waals surface area contributed by atoms with Gasteiger partial charge in [0.15, 0.2) is 0 Å². The van der Waals surface area contributed by atoms with E-state index in [0.717, 1.165) is 17.3 Å². The van der Waals surface area contributed by atoms with Gasteiger partial charge in [0.1, 0.15) is 17.3 Å². The van der Waals surface area contributed by atoms with Gasteiger partial charge in [0.05, 0.1) is 28.6 Å². The molecular weight excluding hydrogens is 432 g/mol. The van der Waals surface area contributed by atoms with Crippen molar-refractivity contribution in [1.82, 2.24) is 4.90 Å². The molecule has 1 aromatic heterocycles. The van der Waals surface area contributed by atoms with E-state index in [9.17, 15) is 19.7 Å². The molecular formula is C23H18N2O6S. The Kier molecular flexibility index (Phi) is 6.09. The number of benzene rings is 2. The van der Waals surface area contributed by atoms with Crippen LogP contribution >= 0.6 is 11.8 Å². The Morgan fingerprint density at radius 2 is 1.91 bits per heavy atom. The standard InChI is InChI=1S/C23H18N2O6S/c1-30-16-7-9-18(19(13-16)25(28)29)20-10-8-17(31-20)14-21-22(26)24(23(27)32-21)12-11-15-5-3-2-4-6-15/h2-10,13-14H,11-12H2,1H3/b21-14+. The lowest BCUT2D eigenvalue weighted by molar-refractivity contribution is -0.384. The van der Waals surface area contributed by atoms with E-state index in [2.05, 4.69) is 0 Å². The Hall–Kier alpha value is -3.85. The van der Waals surface area contributed by atoms with Crippen molar-refractivity contribution in [3.8, 4) is 17.1 Å². The number of hydrogen-bond acceptors (Lipinski definition) is 7. The van der Waals surface area contributed by atoms with E-state index in [1.165, 1.54) is 30.2 Å². The average molecular weight is 450 g/mol. The summed E-state index contributed by atoms with van der Waals surface area (Å²) in [4.78, 5) is 37.4. The highest BCUT2D eigenvalue weighted by Gasteiger charge is 2.35. The van der Waals surface area contributed by atoms with Gasteiger partial charge < -0.3 is 9.15 Å². The van der Waals surface area contributed by atoms with Crippen molar-refractivity contribution in [2.24, 2.45) is 0 Å². The van der Waals surface area contributed by atoms with Crippen LogP contribution in [0.3, 0.4) is 0 Å². The fraction of sp³-hybridized carbons (Fsp3) is 0.130. The Balaban J connectivity index is 1.53. The van der Waals surface area contributed by atoms with Crippen LogP contribution in [-0.2, 0) is 11.2 Å². The first-order valence-electron chi connectivity index (χ1n) is 9.68. The molecule has 0 radical (unpaired) electrons. The second-order valence-corrected chi connectivity index (χ2v) is 7.90. The van der Waals surface area contributed by atoms with Crippen LogP contribution in [0, 0.1) is 10.1 Å². The predicted octanol–water partition coefficient (Wildman–Crippen LogP) is 5.14. The highest BCUT2D eigenvalue weighted by Crippen LogP contribution is 2.36. The maximum absolute atomic E-state index is 12.7. The molecule has 9 heteroatoms. The largest absolute Gasteiger partial charge is 0.497 e. The number of nitro benzene ring substituents is 1. The van der Waals surface area contributed by atoms with Crippen molar-refractivity contribution in [1.29, 1.82) is 0 Å². The number of amides is 2. The number of nitrogens with zero attached hydrogens (tertiary/aromatic N) is 2. The number of imide groups is 1. The minimum atomic E-state index is -0.516. The molecule has 8 nitrogen and oxygen atoms in total. The number of carbonyl (C=O) groups is 2. The maximum atomic E-state index is 12.7. The van der Waals surface area contributed by atoms with Gasteiger partial charge in [0, 0.05) is 12.6 Å². The molecule has 0 N–H and O–H groups in total. The van der Waals surface area contributed by atoms with E-state index in [0.29, 0.717) is 17.9 Å². The minimum Gasteiger partial charge on any atom is -0.497 e. The zero-order chi connectivity index (χ0) is 22.7. The summed E-state index contributed by atoms with van der Waals surface area (Å²) in [5.41, 5.74) is 1.16. The number of rotatable bonds is 7. The summed E-state index contributed by atoms with van der Waals surface area (Å²) in [7, 11) is 1.43. The van der Waals surface area contributed by atoms with Crippen molar-refractivity contribution in [2.45, 2.75) is 6.42 Å². The van der Waals surface area contributed by atoms with E-state index in [-0.39, 0.29) is 39.6 Å². The maximum Gasteiger partial charge on any atom is 0.293 e. The van der Waals surface area contributed by atoms with Crippen LogP contribution in [0.2, 0.25) is 0 Å². The van der Waals surface area contributed by atoms with Gasteiger partial charge in [-0.15, -0.1) is 0 Å². The number of hydrogen-bond donors (Lipinski definition) is 0. The lowest BCUT2D eigenvalue weighted by Crippen LogP contribution is -2.30. The smallest absolute Gasteiger partial charge is 0.293 e. The van der Waals surface area contributed by atoms with Gasteiger partial charge in [-0.2, -0.15) is 0 Å². The first kappa shape index (κ1) is 21.4. The van der Waals surface area contributed by atoms with Crippen LogP contribution in [0.5, 0.6) is 5.75 Å². The minimum absolute atomic E-state index is 0.161. The van der Waals surface area contributed by atoms with Gasteiger partial charge in [0.2, 0.25) is 0 Å². The SMILES string of the molecule is COc1ccc(-c2ccc(/C=C3/SC(=O)N(CCc4ccccc4)C3=O)o2)c([N+](=O)[O-])c1. The molecule has 0 bridgehead atoms. The third-order valence-electron chi connectivity index (χ3n) is 4.91. The number of nitro groups is 1. The third-order valence-corrected chi connectivity index (χ3v) is 5.82. The highest BCUT2D eigenvalue weighted by atomic mass is 32.2. The molecule has 1 aliphatic rings. The topological polar surface area (TPSA) is 103 Å². The first-order valence-corrected chi connectivity index (χ1v) is 10.5. The third kappa shape index (κ3) is 4.42. The zero-order valence-electron chi connectivity index (χ0n) is 17.0. The normalized spacial score (nSPS) is 14.9. The number of thioether (sulfide) groups is 1. The first-order chi connectivity index (χ1) is 15.5. The molecule has 1 fully saturated rings. The summed E-state index contributed by atoms with van der Waals surface area (Å²) in [6.07, 6.45) is 2.05. The lowest BCUT2D eigenvalue weighted by Gasteiger charge is -2.11. The number of methoxy groups -OCH3 is 1. The molecule has 4 rings (SSSR count). The van der Waals surface area contributed by atoms with Gasteiger partial charge in [-0.05, 0) is 48.0 Å². The van der Waals surface area contributed by atoms with Gasteiger partial charge in [-0.3, -0.25) is 24.6 Å². The molecule has 1 saturated heterocycles. The van der Waals surface area contributed by atoms with E-state index in [4.69, 9.17) is 9.15 Å². The lowest BCUT2D eigenvalue weighted by atomic mass is 10.1. The van der Waals surface area contributed by atoms with Gasteiger partial charge in [-0.25, -0.2) is 0 Å². The zero-order valence-corrected chi connectivity index (χ0v) is 17.8. The van der Waals surface area contributed by atoms with Crippen molar-refractivity contribution in [2.75, 3.05) is 13.7 Å². The summed E-state index contributed by atoms with van der Waals surface area (Å²) in [5, 5.41) is 11.1. The van der Waals surface area contributed by atoms with Gasteiger partial charge in [0.25, 0.3) is 16.8 Å². The Morgan fingerprint density at radius 3 is 2.62 bits per heavy atom. The van der Waals surface area contributed by atoms with Gasteiger partial charge >= 0.3 is 0 Å². The highest BCUT2D eigenvalue weighted by molar-refractivity contribution is 8.18. The summed E-state index contributed by atoms with van der Waals surface area (Å²) >= 11 is 0.844. The van der Waals surface area contributed by atoms with Crippen molar-refractivity contribution in [3.05, 3.63) is 87.0 Å². The Morgan fingerprint density at radius 1 is 1.12 bits per heavy atom. The molecule has 0 atom stereocenters.